The number of aryl methyl sites for hydroxylation is 1. The van der Waals surface area contributed by atoms with Crippen molar-refractivity contribution in [1.82, 2.24) is 29.5 Å². The van der Waals surface area contributed by atoms with E-state index in [1.54, 1.807) is 10.7 Å². The lowest BCUT2D eigenvalue weighted by molar-refractivity contribution is 0.407. The van der Waals surface area contributed by atoms with Gasteiger partial charge in [0.25, 0.3) is 0 Å². The van der Waals surface area contributed by atoms with E-state index in [4.69, 9.17) is 14.7 Å². The number of aromatic nitrogens is 6. The van der Waals surface area contributed by atoms with Crippen molar-refractivity contribution in [1.29, 1.82) is 0 Å². The molecule has 0 radical (unpaired) electrons. The second kappa shape index (κ2) is 6.75. The average molecular weight is 370 g/mol. The van der Waals surface area contributed by atoms with Crippen LogP contribution >= 0.6 is 0 Å². The quantitative estimate of drug-likeness (QED) is 0.667. The van der Waals surface area contributed by atoms with Crippen LogP contribution in [-0.4, -0.2) is 36.6 Å². The molecule has 1 fully saturated rings. The molecule has 142 valence electrons. The van der Waals surface area contributed by atoms with Gasteiger partial charge in [0.15, 0.2) is 11.6 Å². The Morgan fingerprint density at radius 3 is 2.63 bits per heavy atom. The molecule has 0 amide bonds. The molecule has 0 unspecified atom stereocenters. The van der Waals surface area contributed by atoms with Crippen molar-refractivity contribution in [3.8, 4) is 11.4 Å². The third-order valence-electron chi connectivity index (χ3n) is 4.71. The highest BCUT2D eigenvalue weighted by molar-refractivity contribution is 5.47. The number of hydrogen-bond donors (Lipinski definition) is 0. The molecule has 0 aliphatic heterocycles. The van der Waals surface area contributed by atoms with Gasteiger partial charge in [0, 0.05) is 24.9 Å². The van der Waals surface area contributed by atoms with Gasteiger partial charge < -0.3 is 4.74 Å². The smallest absolute Gasteiger partial charge is 0.154 e. The van der Waals surface area contributed by atoms with Gasteiger partial charge in [0.05, 0.1) is 13.5 Å². The van der Waals surface area contributed by atoms with E-state index in [2.05, 4.69) is 10.2 Å². The molecule has 7 nitrogen and oxygen atoms in total. The minimum absolute atomic E-state index is 0.165. The van der Waals surface area contributed by atoms with E-state index in [-0.39, 0.29) is 11.7 Å². The number of nitrogens with zero attached hydrogens (tertiary/aromatic N) is 6. The van der Waals surface area contributed by atoms with Crippen LogP contribution in [0.2, 0.25) is 0 Å². The molecule has 4 rings (SSSR count). The summed E-state index contributed by atoms with van der Waals surface area (Å²) in [5.41, 5.74) is 0.651. The summed E-state index contributed by atoms with van der Waals surface area (Å²) in [4.78, 5) is 9.40. The third-order valence-corrected chi connectivity index (χ3v) is 4.71. The molecule has 27 heavy (non-hydrogen) atoms. The molecule has 1 aromatic carbocycles. The van der Waals surface area contributed by atoms with Gasteiger partial charge in [-0.3, -0.25) is 4.68 Å². The maximum Gasteiger partial charge on any atom is 0.154 e. The molecular weight excluding hydrogens is 347 g/mol. The lowest BCUT2D eigenvalue weighted by atomic mass is 10.2. The van der Waals surface area contributed by atoms with Gasteiger partial charge in [0.1, 0.15) is 28.9 Å². The molecule has 0 N–H and O–H groups in total. The molecular formula is C19H23FN6O. The monoisotopic (exact) mass is 370 g/mol. The summed E-state index contributed by atoms with van der Waals surface area (Å²) in [5.74, 6) is 3.90. The second-order valence-corrected chi connectivity index (χ2v) is 7.23. The first kappa shape index (κ1) is 17.6. The van der Waals surface area contributed by atoms with E-state index in [9.17, 15) is 4.39 Å². The van der Waals surface area contributed by atoms with Crippen LogP contribution in [-0.2, 0) is 13.5 Å². The van der Waals surface area contributed by atoms with Gasteiger partial charge in [-0.1, -0.05) is 13.8 Å². The highest BCUT2D eigenvalue weighted by Crippen LogP contribution is 2.38. The summed E-state index contributed by atoms with van der Waals surface area (Å²) in [6.07, 6.45) is 2.80. The SMILES string of the molecule is COc1cc(F)ccc1-n1nc(C(C)C)nc1Cc1nc(C2CC2)nn1C. The molecule has 8 heteroatoms. The van der Waals surface area contributed by atoms with Crippen LogP contribution in [0.1, 0.15) is 61.8 Å². The second-order valence-electron chi connectivity index (χ2n) is 7.23. The highest BCUT2D eigenvalue weighted by Gasteiger charge is 2.29. The van der Waals surface area contributed by atoms with E-state index < -0.39 is 0 Å². The van der Waals surface area contributed by atoms with Gasteiger partial charge >= 0.3 is 0 Å². The van der Waals surface area contributed by atoms with E-state index >= 15 is 0 Å². The average Bonchev–Trinajstić information content (AvgIpc) is 3.31. The number of ether oxygens (including phenoxy) is 1. The van der Waals surface area contributed by atoms with Gasteiger partial charge in [-0.15, -0.1) is 0 Å². The molecule has 0 atom stereocenters. The maximum atomic E-state index is 13.6. The summed E-state index contributed by atoms with van der Waals surface area (Å²) >= 11 is 0. The number of halogens is 1. The largest absolute Gasteiger partial charge is 0.494 e. The first-order valence-corrected chi connectivity index (χ1v) is 9.15. The summed E-state index contributed by atoms with van der Waals surface area (Å²) in [6, 6.07) is 4.40. The van der Waals surface area contributed by atoms with Crippen LogP contribution in [0.5, 0.6) is 5.75 Å². The van der Waals surface area contributed by atoms with Gasteiger partial charge in [-0.05, 0) is 25.0 Å². The molecule has 2 aromatic heterocycles. The fourth-order valence-corrected chi connectivity index (χ4v) is 2.99. The Morgan fingerprint density at radius 1 is 1.19 bits per heavy atom. The van der Waals surface area contributed by atoms with Crippen LogP contribution in [0.25, 0.3) is 5.69 Å². The normalized spacial score (nSPS) is 14.1. The molecule has 0 bridgehead atoms. The lowest BCUT2D eigenvalue weighted by Crippen LogP contribution is -2.09. The Hall–Kier alpha value is -2.77. The molecule has 3 aromatic rings. The lowest BCUT2D eigenvalue weighted by Gasteiger charge is -2.10. The summed E-state index contributed by atoms with van der Waals surface area (Å²) in [6.45, 7) is 4.08. The van der Waals surface area contributed by atoms with Crippen LogP contribution in [0.15, 0.2) is 18.2 Å². The molecule has 1 aliphatic rings. The van der Waals surface area contributed by atoms with Crippen molar-refractivity contribution >= 4 is 0 Å². The zero-order valence-electron chi connectivity index (χ0n) is 16.0. The van der Waals surface area contributed by atoms with E-state index in [1.165, 1.54) is 19.2 Å². The third kappa shape index (κ3) is 3.43. The Kier molecular flexibility index (Phi) is 4.41. The van der Waals surface area contributed by atoms with Crippen LogP contribution < -0.4 is 4.74 Å². The number of rotatable bonds is 6. The van der Waals surface area contributed by atoms with Gasteiger partial charge in [-0.25, -0.2) is 19.0 Å². The number of benzene rings is 1. The summed E-state index contributed by atoms with van der Waals surface area (Å²) < 4.78 is 22.5. The first-order chi connectivity index (χ1) is 13.0. The van der Waals surface area contributed by atoms with E-state index in [0.29, 0.717) is 23.8 Å². The van der Waals surface area contributed by atoms with Crippen LogP contribution in [0.4, 0.5) is 4.39 Å². The van der Waals surface area contributed by atoms with Crippen molar-refractivity contribution in [3.05, 3.63) is 47.3 Å². The summed E-state index contributed by atoms with van der Waals surface area (Å²) in [5, 5.41) is 9.18. The molecule has 0 spiro atoms. The zero-order valence-corrected chi connectivity index (χ0v) is 16.0. The van der Waals surface area contributed by atoms with Gasteiger partial charge in [0.2, 0.25) is 0 Å². The Labute approximate surface area is 157 Å². The standard InChI is InChI=1S/C19H23FN6O/c1-11(2)18-22-17(10-16-21-19(12-5-6-12)23-25(16)3)26(24-18)14-8-7-13(20)9-15(14)27-4/h7-9,11-12H,5-6,10H2,1-4H3. The molecule has 1 saturated carbocycles. The van der Waals surface area contributed by atoms with Crippen molar-refractivity contribution in [2.75, 3.05) is 7.11 Å². The molecule has 1 aliphatic carbocycles. The predicted octanol–water partition coefficient (Wildman–Crippen LogP) is 3.14. The topological polar surface area (TPSA) is 70.7 Å². The molecule has 0 saturated heterocycles. The Balaban J connectivity index is 1.76. The first-order valence-electron chi connectivity index (χ1n) is 9.15. The summed E-state index contributed by atoms with van der Waals surface area (Å²) in [7, 11) is 3.42. The van der Waals surface area contributed by atoms with Crippen LogP contribution in [0, 0.1) is 5.82 Å². The Morgan fingerprint density at radius 2 is 1.96 bits per heavy atom. The van der Waals surface area contributed by atoms with E-state index in [0.717, 1.165) is 36.1 Å². The predicted molar refractivity (Wildman–Crippen MR) is 97.7 cm³/mol. The Bertz CT molecular complexity index is 973. The van der Waals surface area contributed by atoms with Crippen molar-refractivity contribution in [3.63, 3.8) is 0 Å². The minimum atomic E-state index is -0.358. The minimum Gasteiger partial charge on any atom is -0.494 e. The number of methoxy groups -OCH3 is 1. The van der Waals surface area contributed by atoms with Gasteiger partial charge in [-0.2, -0.15) is 10.2 Å². The zero-order chi connectivity index (χ0) is 19.1. The van der Waals surface area contributed by atoms with Crippen molar-refractivity contribution < 1.29 is 9.13 Å². The van der Waals surface area contributed by atoms with E-state index in [1.807, 2.05) is 25.6 Å². The van der Waals surface area contributed by atoms with Crippen molar-refractivity contribution in [2.45, 2.75) is 44.9 Å². The van der Waals surface area contributed by atoms with Crippen LogP contribution in [0.3, 0.4) is 0 Å². The van der Waals surface area contributed by atoms with Crippen molar-refractivity contribution in [2.24, 2.45) is 7.05 Å². The highest BCUT2D eigenvalue weighted by atomic mass is 19.1. The molecule has 2 heterocycles. The fourth-order valence-electron chi connectivity index (χ4n) is 2.99. The fraction of sp³-hybridized carbons (Fsp3) is 0.474. The number of hydrogen-bond acceptors (Lipinski definition) is 5. The maximum absolute atomic E-state index is 13.6.